The summed E-state index contributed by atoms with van der Waals surface area (Å²) >= 11 is 14.0. The van der Waals surface area contributed by atoms with Crippen LogP contribution in [0.25, 0.3) is 0 Å². The number of primary amides is 1. The lowest BCUT2D eigenvalue weighted by atomic mass is 9.79. The minimum absolute atomic E-state index is 0.110. The van der Waals surface area contributed by atoms with E-state index >= 15 is 0 Å². The molecule has 5 aliphatic rings. The molecule has 2 atom stereocenters. The molecule has 0 saturated carbocycles. The van der Waals surface area contributed by atoms with Gasteiger partial charge < -0.3 is 20.9 Å². The molecule has 3 heterocycles. The van der Waals surface area contributed by atoms with E-state index in [1.807, 2.05) is 17.2 Å². The maximum Gasteiger partial charge on any atom is 0.314 e. The number of rotatable bonds is 2. The molecular formula is C28H33Br2ClN4O2. The predicted octanol–water partition coefficient (Wildman–Crippen LogP) is 5.97. The van der Waals surface area contributed by atoms with Crippen molar-refractivity contribution in [1.29, 1.82) is 0 Å². The molecule has 198 valence electrons. The molecule has 9 heteroatoms. The van der Waals surface area contributed by atoms with E-state index in [2.05, 4.69) is 55.4 Å². The number of fused-ring (bicyclic) bond motifs is 2. The molecule has 2 bridgehead atoms. The standard InChI is InChI=1S/C28H33Br2ClN4O2/c29-21-14-20-2-1-18-11-22(31)15-24(30)23(12-18)26(27(20)33-16-21)19-5-9-34(10-6-19)25(36)13-17-3-7-35(8-4-17)28(32)37/h11-12,14-18,27,33H,1-10,13H2,(H2,32,37)/t18?,27-/m0/s1. The molecule has 3 aliphatic heterocycles. The second-order valence-corrected chi connectivity index (χ2v) is 12.8. The van der Waals surface area contributed by atoms with Crippen LogP contribution in [0.15, 0.2) is 66.8 Å². The van der Waals surface area contributed by atoms with Crippen LogP contribution in [0.4, 0.5) is 4.79 Å². The summed E-state index contributed by atoms with van der Waals surface area (Å²) in [5.74, 6) is 0.830. The first-order valence-electron chi connectivity index (χ1n) is 13.1. The van der Waals surface area contributed by atoms with Crippen LogP contribution >= 0.6 is 43.5 Å². The minimum Gasteiger partial charge on any atom is -0.379 e. The second kappa shape index (κ2) is 11.5. The van der Waals surface area contributed by atoms with Gasteiger partial charge in [0.25, 0.3) is 0 Å². The van der Waals surface area contributed by atoms with Gasteiger partial charge in [0, 0.05) is 52.8 Å². The van der Waals surface area contributed by atoms with Crippen molar-refractivity contribution < 1.29 is 9.59 Å². The van der Waals surface area contributed by atoms with Crippen molar-refractivity contribution in [3.05, 3.63) is 66.8 Å². The molecule has 5 rings (SSSR count). The van der Waals surface area contributed by atoms with Gasteiger partial charge in [0.2, 0.25) is 5.91 Å². The number of piperidine rings is 2. The van der Waals surface area contributed by atoms with Crippen LogP contribution in [0, 0.1) is 11.8 Å². The average molecular weight is 653 g/mol. The van der Waals surface area contributed by atoms with Crippen molar-refractivity contribution in [2.24, 2.45) is 17.6 Å². The Labute approximate surface area is 240 Å². The zero-order chi connectivity index (χ0) is 26.1. The highest BCUT2D eigenvalue weighted by atomic mass is 79.9. The van der Waals surface area contributed by atoms with Gasteiger partial charge in [-0.15, -0.1) is 0 Å². The third-order valence-electron chi connectivity index (χ3n) is 8.19. The highest BCUT2D eigenvalue weighted by molar-refractivity contribution is 9.12. The summed E-state index contributed by atoms with van der Waals surface area (Å²) in [6.07, 6.45) is 16.8. The molecule has 37 heavy (non-hydrogen) atoms. The lowest BCUT2D eigenvalue weighted by Gasteiger charge is -2.37. The molecule has 0 aromatic heterocycles. The monoisotopic (exact) mass is 650 g/mol. The molecule has 6 nitrogen and oxygen atoms in total. The van der Waals surface area contributed by atoms with Gasteiger partial charge in [0.05, 0.1) is 6.04 Å². The van der Waals surface area contributed by atoms with Crippen molar-refractivity contribution in [2.75, 3.05) is 26.2 Å². The largest absolute Gasteiger partial charge is 0.379 e. The molecule has 0 aromatic carbocycles. The summed E-state index contributed by atoms with van der Waals surface area (Å²) in [6, 6.07) is -0.252. The SMILES string of the molecule is NC(=O)N1CCC(CC(=O)N2CCC(=C3C4=CC(C=C(Cl)C=C4Br)CCC4=CC(Br)=CN[C@@H]43)CC2)CC1. The number of amides is 3. The number of allylic oxidation sites excluding steroid dienone is 7. The number of urea groups is 1. The number of dihydropyridines is 1. The van der Waals surface area contributed by atoms with E-state index in [0.717, 1.165) is 65.6 Å². The van der Waals surface area contributed by atoms with Crippen molar-refractivity contribution in [3.63, 3.8) is 0 Å². The Morgan fingerprint density at radius 3 is 2.43 bits per heavy atom. The van der Waals surface area contributed by atoms with Gasteiger partial charge in [-0.3, -0.25) is 4.79 Å². The van der Waals surface area contributed by atoms with Crippen molar-refractivity contribution >= 4 is 55.4 Å². The molecule has 2 saturated heterocycles. The topological polar surface area (TPSA) is 78.7 Å². The number of halogens is 3. The van der Waals surface area contributed by atoms with E-state index in [-0.39, 0.29) is 23.9 Å². The maximum atomic E-state index is 13.2. The maximum absolute atomic E-state index is 13.2. The minimum atomic E-state index is -0.362. The summed E-state index contributed by atoms with van der Waals surface area (Å²) < 4.78 is 2.07. The van der Waals surface area contributed by atoms with Crippen LogP contribution in [0.5, 0.6) is 0 Å². The summed E-state index contributed by atoms with van der Waals surface area (Å²) in [6.45, 7) is 2.77. The van der Waals surface area contributed by atoms with Gasteiger partial charge in [-0.05, 0) is 95.2 Å². The summed E-state index contributed by atoms with van der Waals surface area (Å²) in [5, 5.41) is 4.41. The number of nitrogens with two attached hydrogens (primary N) is 1. The smallest absolute Gasteiger partial charge is 0.314 e. The predicted molar refractivity (Wildman–Crippen MR) is 155 cm³/mol. The molecular weight excluding hydrogens is 620 g/mol. The average Bonchev–Trinajstić information content (AvgIpc) is 3.01. The fourth-order valence-corrected chi connectivity index (χ4v) is 7.57. The molecule has 2 fully saturated rings. The molecule has 2 aliphatic carbocycles. The number of nitrogens with one attached hydrogen (secondary N) is 1. The van der Waals surface area contributed by atoms with Crippen molar-refractivity contribution in [1.82, 2.24) is 15.1 Å². The quantitative estimate of drug-likeness (QED) is 0.386. The van der Waals surface area contributed by atoms with Crippen molar-refractivity contribution in [2.45, 2.75) is 51.0 Å². The van der Waals surface area contributed by atoms with Crippen LogP contribution in [0.3, 0.4) is 0 Å². The van der Waals surface area contributed by atoms with Gasteiger partial charge in [-0.1, -0.05) is 45.3 Å². The molecule has 3 amide bonds. The van der Waals surface area contributed by atoms with Crippen LogP contribution < -0.4 is 11.1 Å². The molecule has 3 N–H and O–H groups in total. The van der Waals surface area contributed by atoms with Crippen LogP contribution in [0.1, 0.15) is 44.9 Å². The van der Waals surface area contributed by atoms with E-state index < -0.39 is 0 Å². The van der Waals surface area contributed by atoms with Gasteiger partial charge in [0.1, 0.15) is 0 Å². The first kappa shape index (κ1) is 26.8. The Hall–Kier alpha value is -1.77. The molecule has 1 unspecified atom stereocenters. The third-order valence-corrected chi connectivity index (χ3v) is 9.54. The van der Waals surface area contributed by atoms with Gasteiger partial charge >= 0.3 is 6.03 Å². The number of hydrogen-bond donors (Lipinski definition) is 2. The Morgan fingerprint density at radius 1 is 1.00 bits per heavy atom. The number of likely N-dealkylation sites (tertiary alicyclic amines) is 2. The van der Waals surface area contributed by atoms with E-state index in [0.29, 0.717) is 25.4 Å². The van der Waals surface area contributed by atoms with E-state index in [1.54, 1.807) is 4.90 Å². The Balaban J connectivity index is 1.34. The first-order valence-corrected chi connectivity index (χ1v) is 15.1. The summed E-state index contributed by atoms with van der Waals surface area (Å²) in [5.41, 5.74) is 10.7. The lowest BCUT2D eigenvalue weighted by molar-refractivity contribution is -0.132. The van der Waals surface area contributed by atoms with Crippen molar-refractivity contribution in [3.8, 4) is 0 Å². The zero-order valence-electron chi connectivity index (χ0n) is 20.8. The molecule has 0 spiro atoms. The van der Waals surface area contributed by atoms with E-state index in [9.17, 15) is 9.59 Å². The van der Waals surface area contributed by atoms with Gasteiger partial charge in [-0.2, -0.15) is 0 Å². The van der Waals surface area contributed by atoms with Crippen LogP contribution in [-0.2, 0) is 4.79 Å². The molecule has 0 radical (unpaired) electrons. The molecule has 0 aromatic rings. The zero-order valence-corrected chi connectivity index (χ0v) is 24.7. The number of carbonyl (C=O) groups excluding carboxylic acids is 2. The first-order chi connectivity index (χ1) is 17.8. The van der Waals surface area contributed by atoms with E-state index in [1.165, 1.54) is 22.3 Å². The Bertz CT molecular complexity index is 1150. The highest BCUT2D eigenvalue weighted by Gasteiger charge is 2.33. The Morgan fingerprint density at radius 2 is 1.73 bits per heavy atom. The fourth-order valence-electron chi connectivity index (χ4n) is 6.15. The summed E-state index contributed by atoms with van der Waals surface area (Å²) in [4.78, 5) is 28.3. The number of carbonyl (C=O) groups is 2. The summed E-state index contributed by atoms with van der Waals surface area (Å²) in [7, 11) is 0. The van der Waals surface area contributed by atoms with Crippen LogP contribution in [0.2, 0.25) is 0 Å². The van der Waals surface area contributed by atoms with Gasteiger partial charge in [0.15, 0.2) is 0 Å². The second-order valence-electron chi connectivity index (χ2n) is 10.5. The highest BCUT2D eigenvalue weighted by Crippen LogP contribution is 2.43. The number of nitrogens with zero attached hydrogens (tertiary/aromatic N) is 2. The van der Waals surface area contributed by atoms with E-state index in [4.69, 9.17) is 17.3 Å². The Kier molecular flexibility index (Phi) is 8.37. The third kappa shape index (κ3) is 6.12. The normalized spacial score (nSPS) is 26.8. The van der Waals surface area contributed by atoms with Gasteiger partial charge in [-0.25, -0.2) is 4.79 Å². The van der Waals surface area contributed by atoms with Crippen LogP contribution in [-0.4, -0.2) is 54.0 Å². The number of hydrogen-bond acceptors (Lipinski definition) is 3. The lowest BCUT2D eigenvalue weighted by Crippen LogP contribution is -2.43. The fraction of sp³-hybridized carbons (Fsp3) is 0.500.